The van der Waals surface area contributed by atoms with Crippen LogP contribution in [-0.2, 0) is 5.75 Å². The topological polar surface area (TPSA) is 22.0 Å². The van der Waals surface area contributed by atoms with Crippen molar-refractivity contribution in [3.63, 3.8) is 0 Å². The van der Waals surface area contributed by atoms with Gasteiger partial charge < -0.3 is 4.57 Å². The van der Waals surface area contributed by atoms with Crippen LogP contribution in [0.1, 0.15) is 50.9 Å². The van der Waals surface area contributed by atoms with E-state index in [9.17, 15) is 4.79 Å². The summed E-state index contributed by atoms with van der Waals surface area (Å²) < 4.78 is 1.87. The van der Waals surface area contributed by atoms with Crippen molar-refractivity contribution >= 4 is 12.6 Å². The van der Waals surface area contributed by atoms with Crippen molar-refractivity contribution in [1.29, 1.82) is 0 Å². The molecule has 0 atom stereocenters. The first-order valence-corrected chi connectivity index (χ1v) is 5.97. The standard InChI is InChI=1S/C12H19NOS/c1-8(2)11-6-5-10(7-15)12(14)13(11)9(3)4/h5-6,8-9,15H,7H2,1-4H3. The van der Waals surface area contributed by atoms with Crippen molar-refractivity contribution in [3.8, 4) is 0 Å². The number of nitrogens with zero attached hydrogens (tertiary/aromatic N) is 1. The third kappa shape index (κ3) is 2.46. The summed E-state index contributed by atoms with van der Waals surface area (Å²) in [4.78, 5) is 12.1. The molecule has 0 aliphatic heterocycles. The molecule has 0 fully saturated rings. The lowest BCUT2D eigenvalue weighted by molar-refractivity contribution is 0.532. The van der Waals surface area contributed by atoms with Crippen molar-refractivity contribution in [2.24, 2.45) is 0 Å². The van der Waals surface area contributed by atoms with E-state index in [0.717, 1.165) is 11.3 Å². The second-order valence-corrected chi connectivity index (χ2v) is 4.68. The van der Waals surface area contributed by atoms with Crippen LogP contribution in [0.4, 0.5) is 0 Å². The van der Waals surface area contributed by atoms with Crippen LogP contribution in [0, 0.1) is 0 Å². The van der Waals surface area contributed by atoms with Gasteiger partial charge in [0.15, 0.2) is 0 Å². The van der Waals surface area contributed by atoms with Gasteiger partial charge in [-0.2, -0.15) is 12.6 Å². The van der Waals surface area contributed by atoms with Gasteiger partial charge in [0.05, 0.1) is 0 Å². The van der Waals surface area contributed by atoms with Gasteiger partial charge in [-0.05, 0) is 25.8 Å². The van der Waals surface area contributed by atoms with E-state index in [2.05, 4.69) is 26.5 Å². The molecule has 1 rings (SSSR count). The van der Waals surface area contributed by atoms with Crippen LogP contribution in [0.3, 0.4) is 0 Å². The van der Waals surface area contributed by atoms with Gasteiger partial charge in [0.25, 0.3) is 5.56 Å². The number of hydrogen-bond donors (Lipinski definition) is 1. The number of pyridine rings is 1. The van der Waals surface area contributed by atoms with Crippen LogP contribution in [-0.4, -0.2) is 4.57 Å². The van der Waals surface area contributed by atoms with Crippen molar-refractivity contribution in [2.75, 3.05) is 0 Å². The average Bonchev–Trinajstić information content (AvgIpc) is 2.16. The molecule has 0 radical (unpaired) electrons. The molecule has 0 aliphatic rings. The molecule has 0 unspecified atom stereocenters. The normalized spacial score (nSPS) is 11.4. The Kier molecular flexibility index (Phi) is 4.03. The molecule has 0 aromatic carbocycles. The van der Waals surface area contributed by atoms with Gasteiger partial charge in [0.1, 0.15) is 0 Å². The lowest BCUT2D eigenvalue weighted by Gasteiger charge is -2.19. The fourth-order valence-electron chi connectivity index (χ4n) is 1.73. The fraction of sp³-hybridized carbons (Fsp3) is 0.583. The van der Waals surface area contributed by atoms with Gasteiger partial charge in [-0.15, -0.1) is 0 Å². The Bertz CT molecular complexity index is 393. The van der Waals surface area contributed by atoms with Crippen LogP contribution in [0.5, 0.6) is 0 Å². The van der Waals surface area contributed by atoms with E-state index in [1.807, 2.05) is 30.5 Å². The molecule has 0 spiro atoms. The van der Waals surface area contributed by atoms with Crippen molar-refractivity contribution in [1.82, 2.24) is 4.57 Å². The molecule has 0 amide bonds. The van der Waals surface area contributed by atoms with E-state index < -0.39 is 0 Å². The summed E-state index contributed by atoms with van der Waals surface area (Å²) in [6.45, 7) is 8.28. The fourth-order valence-corrected chi connectivity index (χ4v) is 1.97. The summed E-state index contributed by atoms with van der Waals surface area (Å²) in [5.41, 5.74) is 1.98. The maximum Gasteiger partial charge on any atom is 0.255 e. The Labute approximate surface area is 96.7 Å². The quantitative estimate of drug-likeness (QED) is 0.785. The Balaban J connectivity index is 3.45. The summed E-state index contributed by atoms with van der Waals surface area (Å²) in [6.07, 6.45) is 0. The predicted octanol–water partition coefficient (Wildman–Crippen LogP) is 2.98. The molecular weight excluding hydrogens is 206 g/mol. The number of hydrogen-bond acceptors (Lipinski definition) is 2. The predicted molar refractivity (Wildman–Crippen MR) is 67.9 cm³/mol. The highest BCUT2D eigenvalue weighted by Gasteiger charge is 2.12. The third-order valence-corrected chi connectivity index (χ3v) is 2.85. The largest absolute Gasteiger partial charge is 0.310 e. The molecule has 15 heavy (non-hydrogen) atoms. The minimum atomic E-state index is 0.103. The van der Waals surface area contributed by atoms with Gasteiger partial charge in [-0.1, -0.05) is 19.9 Å². The van der Waals surface area contributed by atoms with Crippen LogP contribution in [0.15, 0.2) is 16.9 Å². The molecule has 0 bridgehead atoms. The number of aromatic nitrogens is 1. The average molecular weight is 225 g/mol. The van der Waals surface area contributed by atoms with Crippen LogP contribution in [0.2, 0.25) is 0 Å². The molecular formula is C12H19NOS. The van der Waals surface area contributed by atoms with E-state index in [-0.39, 0.29) is 11.6 Å². The van der Waals surface area contributed by atoms with Crippen molar-refractivity contribution in [3.05, 3.63) is 33.7 Å². The highest BCUT2D eigenvalue weighted by Crippen LogP contribution is 2.17. The van der Waals surface area contributed by atoms with Gasteiger partial charge in [-0.3, -0.25) is 4.79 Å². The molecule has 1 aromatic heterocycles. The molecule has 2 nitrogen and oxygen atoms in total. The second kappa shape index (κ2) is 4.88. The molecule has 0 N–H and O–H groups in total. The zero-order valence-electron chi connectivity index (χ0n) is 9.82. The molecule has 1 heterocycles. The minimum absolute atomic E-state index is 0.103. The third-order valence-electron chi connectivity index (χ3n) is 2.51. The van der Waals surface area contributed by atoms with Crippen LogP contribution >= 0.6 is 12.6 Å². The summed E-state index contributed by atoms with van der Waals surface area (Å²) >= 11 is 4.17. The summed E-state index contributed by atoms with van der Waals surface area (Å²) in [5, 5.41) is 0. The van der Waals surface area contributed by atoms with Crippen molar-refractivity contribution < 1.29 is 0 Å². The summed E-state index contributed by atoms with van der Waals surface area (Å²) in [7, 11) is 0. The van der Waals surface area contributed by atoms with Crippen LogP contribution in [0.25, 0.3) is 0 Å². The Morgan fingerprint density at radius 1 is 1.27 bits per heavy atom. The molecule has 0 saturated heterocycles. The zero-order valence-corrected chi connectivity index (χ0v) is 10.7. The SMILES string of the molecule is CC(C)c1ccc(CS)c(=O)n1C(C)C. The first kappa shape index (κ1) is 12.4. The van der Waals surface area contributed by atoms with E-state index in [4.69, 9.17) is 0 Å². The Hall–Kier alpha value is -0.700. The Morgan fingerprint density at radius 2 is 1.87 bits per heavy atom. The highest BCUT2D eigenvalue weighted by atomic mass is 32.1. The molecule has 0 saturated carbocycles. The maximum atomic E-state index is 12.1. The molecule has 3 heteroatoms. The molecule has 1 aromatic rings. The maximum absolute atomic E-state index is 12.1. The van der Waals surface area contributed by atoms with Gasteiger partial charge in [0, 0.05) is 23.1 Å². The first-order valence-electron chi connectivity index (χ1n) is 5.34. The van der Waals surface area contributed by atoms with Crippen LogP contribution < -0.4 is 5.56 Å². The lowest BCUT2D eigenvalue weighted by Crippen LogP contribution is -2.28. The van der Waals surface area contributed by atoms with Gasteiger partial charge in [0.2, 0.25) is 0 Å². The Morgan fingerprint density at radius 3 is 2.27 bits per heavy atom. The summed E-state index contributed by atoms with van der Waals surface area (Å²) in [6, 6.07) is 4.14. The number of thiol groups is 1. The molecule has 84 valence electrons. The van der Waals surface area contributed by atoms with Gasteiger partial charge in [-0.25, -0.2) is 0 Å². The summed E-state index contributed by atoms with van der Waals surface area (Å²) in [5.74, 6) is 0.873. The zero-order chi connectivity index (χ0) is 11.6. The van der Waals surface area contributed by atoms with E-state index >= 15 is 0 Å². The van der Waals surface area contributed by atoms with E-state index in [0.29, 0.717) is 11.7 Å². The highest BCUT2D eigenvalue weighted by molar-refractivity contribution is 7.79. The minimum Gasteiger partial charge on any atom is -0.310 e. The second-order valence-electron chi connectivity index (χ2n) is 4.37. The first-order chi connectivity index (χ1) is 6.99. The lowest BCUT2D eigenvalue weighted by atomic mass is 10.1. The monoisotopic (exact) mass is 225 g/mol. The smallest absolute Gasteiger partial charge is 0.255 e. The van der Waals surface area contributed by atoms with Gasteiger partial charge >= 0.3 is 0 Å². The van der Waals surface area contributed by atoms with E-state index in [1.54, 1.807) is 0 Å². The number of rotatable bonds is 3. The molecule has 0 aliphatic carbocycles. The van der Waals surface area contributed by atoms with E-state index in [1.165, 1.54) is 0 Å². The van der Waals surface area contributed by atoms with Crippen molar-refractivity contribution in [2.45, 2.75) is 45.4 Å².